The zero-order chi connectivity index (χ0) is 24.6. The molecule has 0 bridgehead atoms. The quantitative estimate of drug-likeness (QED) is 0.344. The fourth-order valence-corrected chi connectivity index (χ4v) is 4.28. The van der Waals surface area contributed by atoms with Gasteiger partial charge in [-0.25, -0.2) is 4.57 Å². The molecule has 3 heterocycles. The van der Waals surface area contributed by atoms with E-state index in [1.54, 1.807) is 22.6 Å². The number of hydrogen-bond donors (Lipinski definition) is 0. The van der Waals surface area contributed by atoms with Gasteiger partial charge in [0, 0.05) is 10.6 Å². The minimum absolute atomic E-state index is 0.185. The summed E-state index contributed by atoms with van der Waals surface area (Å²) in [7, 11) is 0. The van der Waals surface area contributed by atoms with Crippen LogP contribution in [-0.4, -0.2) is 46.0 Å². The molecule has 0 radical (unpaired) electrons. The van der Waals surface area contributed by atoms with Gasteiger partial charge in [0.15, 0.2) is 5.82 Å². The van der Waals surface area contributed by atoms with Gasteiger partial charge in [-0.1, -0.05) is 41.9 Å². The van der Waals surface area contributed by atoms with Crippen molar-refractivity contribution in [2.75, 3.05) is 6.61 Å². The Kier molecular flexibility index (Phi) is 5.42. The zero-order valence-electron chi connectivity index (χ0n) is 19.1. The lowest BCUT2D eigenvalue weighted by Crippen LogP contribution is -2.22. The van der Waals surface area contributed by atoms with Crippen LogP contribution in [0.25, 0.3) is 33.8 Å². The number of aromatic nitrogens is 8. The highest BCUT2D eigenvalue weighted by molar-refractivity contribution is 6.31. The fourth-order valence-electron chi connectivity index (χ4n) is 4.11. The van der Waals surface area contributed by atoms with Crippen molar-refractivity contribution in [2.24, 2.45) is 0 Å². The third kappa shape index (κ3) is 3.77. The van der Waals surface area contributed by atoms with Gasteiger partial charge in [0.1, 0.15) is 12.3 Å². The smallest absolute Gasteiger partial charge is 0.267 e. The third-order valence-corrected chi connectivity index (χ3v) is 5.96. The molecule has 0 fully saturated rings. The van der Waals surface area contributed by atoms with E-state index in [-0.39, 0.29) is 12.1 Å². The molecule has 11 heteroatoms. The van der Waals surface area contributed by atoms with Gasteiger partial charge in [0.05, 0.1) is 23.2 Å². The van der Waals surface area contributed by atoms with Crippen molar-refractivity contribution in [1.82, 2.24) is 39.4 Å². The number of ether oxygens (including phenoxy) is 1. The van der Waals surface area contributed by atoms with Gasteiger partial charge >= 0.3 is 0 Å². The molecular formula is C25H19ClN8O2. The lowest BCUT2D eigenvalue weighted by molar-refractivity contribution is 0.340. The standard InChI is InChI=1S/C25H19ClN8O2/c1-2-36-19-11-9-18(10-12-19)33-24(35)20-13-8-17(26)14-21(20)34-22(27-29-25(33)34)15-32-30-23(28-31-32)16-6-4-3-5-7-16/h3-14H,2,15H2,1H3. The van der Waals surface area contributed by atoms with Crippen LogP contribution in [0.5, 0.6) is 5.75 Å². The molecule has 0 amide bonds. The number of hydrogen-bond acceptors (Lipinski definition) is 7. The van der Waals surface area contributed by atoms with Gasteiger partial charge in [-0.2, -0.15) is 4.80 Å². The lowest BCUT2D eigenvalue weighted by Gasteiger charge is -2.12. The molecule has 3 aromatic heterocycles. The SMILES string of the molecule is CCOc1ccc(-n2c(=O)c3ccc(Cl)cc3n3c(Cn4nnc(-c5ccccc5)n4)nnc23)cc1. The molecule has 0 aliphatic heterocycles. The lowest BCUT2D eigenvalue weighted by atomic mass is 10.2. The van der Waals surface area contributed by atoms with Crippen LogP contribution in [0, 0.1) is 0 Å². The van der Waals surface area contributed by atoms with Crippen LogP contribution >= 0.6 is 11.6 Å². The maximum atomic E-state index is 13.6. The Hall–Kier alpha value is -4.57. The Morgan fingerprint density at radius 1 is 0.944 bits per heavy atom. The van der Waals surface area contributed by atoms with Crippen LogP contribution in [0.2, 0.25) is 5.02 Å². The number of halogens is 1. The highest BCUT2D eigenvalue weighted by Crippen LogP contribution is 2.23. The molecule has 0 aliphatic carbocycles. The summed E-state index contributed by atoms with van der Waals surface area (Å²) in [6.07, 6.45) is 0. The second kappa shape index (κ2) is 8.90. The maximum absolute atomic E-state index is 13.6. The van der Waals surface area contributed by atoms with E-state index < -0.39 is 0 Å². The van der Waals surface area contributed by atoms with E-state index in [0.29, 0.717) is 51.4 Å². The second-order valence-electron chi connectivity index (χ2n) is 7.99. The highest BCUT2D eigenvalue weighted by atomic mass is 35.5. The Balaban J connectivity index is 1.51. The van der Waals surface area contributed by atoms with Crippen LogP contribution in [0.3, 0.4) is 0 Å². The van der Waals surface area contributed by atoms with Crippen molar-refractivity contribution in [3.8, 4) is 22.8 Å². The monoisotopic (exact) mass is 498 g/mol. The Labute approximate surface area is 209 Å². The van der Waals surface area contributed by atoms with E-state index >= 15 is 0 Å². The van der Waals surface area contributed by atoms with Crippen LogP contribution in [0.4, 0.5) is 0 Å². The van der Waals surface area contributed by atoms with Gasteiger partial charge in [-0.05, 0) is 54.6 Å². The Bertz CT molecular complexity index is 1760. The molecule has 6 aromatic rings. The molecule has 0 saturated carbocycles. The first-order chi connectivity index (χ1) is 17.6. The second-order valence-corrected chi connectivity index (χ2v) is 8.43. The summed E-state index contributed by atoms with van der Waals surface area (Å²) in [6, 6.07) is 22.0. The van der Waals surface area contributed by atoms with Crippen molar-refractivity contribution < 1.29 is 4.74 Å². The Morgan fingerprint density at radius 3 is 2.53 bits per heavy atom. The van der Waals surface area contributed by atoms with Crippen molar-refractivity contribution in [2.45, 2.75) is 13.5 Å². The molecule has 6 rings (SSSR count). The highest BCUT2D eigenvalue weighted by Gasteiger charge is 2.19. The molecular weight excluding hydrogens is 480 g/mol. The van der Waals surface area contributed by atoms with Crippen molar-refractivity contribution >= 4 is 28.3 Å². The summed E-state index contributed by atoms with van der Waals surface area (Å²) in [5, 5.41) is 22.5. The van der Waals surface area contributed by atoms with Crippen LogP contribution in [0.1, 0.15) is 12.7 Å². The van der Waals surface area contributed by atoms with Gasteiger partial charge < -0.3 is 4.74 Å². The minimum Gasteiger partial charge on any atom is -0.494 e. The largest absolute Gasteiger partial charge is 0.494 e. The molecule has 0 saturated heterocycles. The average Bonchev–Trinajstić information content (AvgIpc) is 3.54. The Morgan fingerprint density at radius 2 is 1.75 bits per heavy atom. The van der Waals surface area contributed by atoms with Crippen molar-refractivity contribution in [3.05, 3.63) is 94.0 Å². The first kappa shape index (κ1) is 21.9. The van der Waals surface area contributed by atoms with E-state index in [1.807, 2.05) is 61.5 Å². The normalized spacial score (nSPS) is 11.4. The van der Waals surface area contributed by atoms with E-state index in [1.165, 1.54) is 9.36 Å². The minimum atomic E-state index is -0.234. The summed E-state index contributed by atoms with van der Waals surface area (Å²) in [5.41, 5.74) is 1.85. The van der Waals surface area contributed by atoms with E-state index in [9.17, 15) is 4.79 Å². The molecule has 0 aliphatic rings. The predicted octanol–water partition coefficient (Wildman–Crippen LogP) is 3.79. The maximum Gasteiger partial charge on any atom is 0.267 e. The molecule has 0 N–H and O–H groups in total. The third-order valence-electron chi connectivity index (χ3n) is 5.72. The number of rotatable bonds is 6. The number of tetrazole rings is 1. The van der Waals surface area contributed by atoms with Gasteiger partial charge in [0.25, 0.3) is 5.56 Å². The first-order valence-electron chi connectivity index (χ1n) is 11.3. The first-order valence-corrected chi connectivity index (χ1v) is 11.6. The summed E-state index contributed by atoms with van der Waals surface area (Å²) in [6.45, 7) is 2.65. The molecule has 0 unspecified atom stereocenters. The zero-order valence-corrected chi connectivity index (χ0v) is 19.9. The van der Waals surface area contributed by atoms with Crippen LogP contribution < -0.4 is 10.3 Å². The van der Waals surface area contributed by atoms with Crippen molar-refractivity contribution in [1.29, 1.82) is 0 Å². The average molecular weight is 499 g/mol. The number of nitrogens with zero attached hydrogens (tertiary/aromatic N) is 8. The van der Waals surface area contributed by atoms with Crippen molar-refractivity contribution in [3.63, 3.8) is 0 Å². The predicted molar refractivity (Wildman–Crippen MR) is 135 cm³/mol. The molecule has 10 nitrogen and oxygen atoms in total. The summed E-state index contributed by atoms with van der Waals surface area (Å²) < 4.78 is 8.86. The number of benzene rings is 3. The molecule has 36 heavy (non-hydrogen) atoms. The fraction of sp³-hybridized carbons (Fsp3) is 0.120. The summed E-state index contributed by atoms with van der Waals surface area (Å²) in [5.74, 6) is 2.08. The molecule has 0 atom stereocenters. The molecule has 178 valence electrons. The molecule has 0 spiro atoms. The van der Waals surface area contributed by atoms with Crippen LogP contribution in [0.15, 0.2) is 77.6 Å². The van der Waals surface area contributed by atoms with Gasteiger partial charge in [-0.3, -0.25) is 9.20 Å². The number of fused-ring (bicyclic) bond motifs is 3. The van der Waals surface area contributed by atoms with E-state index in [0.717, 1.165) is 5.56 Å². The topological polar surface area (TPSA) is 105 Å². The van der Waals surface area contributed by atoms with E-state index in [4.69, 9.17) is 16.3 Å². The van der Waals surface area contributed by atoms with Gasteiger partial charge in [0.2, 0.25) is 11.6 Å². The summed E-state index contributed by atoms with van der Waals surface area (Å²) >= 11 is 6.31. The van der Waals surface area contributed by atoms with Gasteiger partial charge in [-0.15, -0.1) is 20.4 Å². The van der Waals surface area contributed by atoms with Crippen LogP contribution in [-0.2, 0) is 6.54 Å². The summed E-state index contributed by atoms with van der Waals surface area (Å²) in [4.78, 5) is 15.0. The molecule has 3 aromatic carbocycles. The van der Waals surface area contributed by atoms with E-state index in [2.05, 4.69) is 25.6 Å².